The first kappa shape index (κ1) is 16.5. The Morgan fingerprint density at radius 2 is 1.62 bits per heavy atom. The number of benzene rings is 3. The Balaban J connectivity index is 2.14. The van der Waals surface area contributed by atoms with Gasteiger partial charge in [0.2, 0.25) is 0 Å². The molecule has 1 aromatic heterocycles. The molecule has 0 aliphatic carbocycles. The summed E-state index contributed by atoms with van der Waals surface area (Å²) in [4.78, 5) is 9.49. The molecule has 0 radical (unpaired) electrons. The molecule has 0 fully saturated rings. The maximum atomic E-state index is 4.80. The van der Waals surface area contributed by atoms with Crippen LogP contribution < -0.4 is 0 Å². The van der Waals surface area contributed by atoms with Gasteiger partial charge in [-0.25, -0.2) is 4.98 Å². The van der Waals surface area contributed by atoms with Crippen LogP contribution in [0.5, 0.6) is 0 Å². The Hall–Kier alpha value is -3.00. The van der Waals surface area contributed by atoms with Crippen LogP contribution in [0.1, 0.15) is 30.7 Å². The second kappa shape index (κ2) is 6.38. The third-order valence-electron chi connectivity index (χ3n) is 4.76. The Bertz CT molecular complexity index is 1150. The predicted molar refractivity (Wildman–Crippen MR) is 111 cm³/mol. The van der Waals surface area contributed by atoms with Gasteiger partial charge in [-0.3, -0.25) is 4.98 Å². The molecule has 2 heteroatoms. The lowest BCUT2D eigenvalue weighted by Crippen LogP contribution is -1.96. The molecule has 0 bridgehead atoms. The van der Waals surface area contributed by atoms with Crippen LogP contribution in [0.2, 0.25) is 0 Å². The molecular weight excluding hydrogens is 316 g/mol. The summed E-state index contributed by atoms with van der Waals surface area (Å²) in [5.41, 5.74) is 9.08. The zero-order chi connectivity index (χ0) is 18.3. The largest absolute Gasteiger partial charge is 0.252 e. The summed E-state index contributed by atoms with van der Waals surface area (Å²) in [6.07, 6.45) is 4.11. The van der Waals surface area contributed by atoms with Crippen molar-refractivity contribution in [2.75, 3.05) is 0 Å². The molecule has 0 amide bonds. The number of aromatic nitrogens is 2. The van der Waals surface area contributed by atoms with Gasteiger partial charge in [0.15, 0.2) is 0 Å². The maximum Gasteiger partial charge on any atom is 0.0971 e. The molecule has 0 aliphatic heterocycles. The number of rotatable bonds is 2. The van der Waals surface area contributed by atoms with Crippen molar-refractivity contribution in [1.29, 1.82) is 0 Å². The van der Waals surface area contributed by atoms with Crippen molar-refractivity contribution >= 4 is 27.9 Å². The molecular formula is C24H22N2. The predicted octanol–water partition coefficient (Wildman–Crippen LogP) is 6.49. The lowest BCUT2D eigenvalue weighted by molar-refractivity contribution is 1.18. The number of hydrogen-bond acceptors (Lipinski definition) is 2. The summed E-state index contributed by atoms with van der Waals surface area (Å²) in [6.45, 7) is 8.42. The summed E-state index contributed by atoms with van der Waals surface area (Å²) in [6, 6.07) is 17.2. The third kappa shape index (κ3) is 2.78. The fraction of sp³-hybridized carbons (Fsp3) is 0.167. The van der Waals surface area contributed by atoms with Crippen molar-refractivity contribution < 1.29 is 0 Å². The highest BCUT2D eigenvalue weighted by atomic mass is 14.8. The third-order valence-corrected chi connectivity index (χ3v) is 4.76. The van der Waals surface area contributed by atoms with Gasteiger partial charge < -0.3 is 0 Å². The highest BCUT2D eigenvalue weighted by Crippen LogP contribution is 2.34. The van der Waals surface area contributed by atoms with Gasteiger partial charge in [-0.15, -0.1) is 0 Å². The fourth-order valence-corrected chi connectivity index (χ4v) is 3.53. The second-order valence-corrected chi connectivity index (χ2v) is 7.10. The molecule has 0 saturated heterocycles. The van der Waals surface area contributed by atoms with Crippen molar-refractivity contribution in [2.24, 2.45) is 0 Å². The number of aryl methyl sites for hydroxylation is 2. The highest BCUT2D eigenvalue weighted by Gasteiger charge is 2.13. The SMILES string of the molecule is CC(C)=Cc1c(C)c2ncc(C)nc2c2ccc(-c3ccccc3)cc12. The van der Waals surface area contributed by atoms with E-state index in [1.807, 2.05) is 13.1 Å². The first-order chi connectivity index (χ1) is 12.5. The van der Waals surface area contributed by atoms with Crippen LogP contribution in [0, 0.1) is 13.8 Å². The van der Waals surface area contributed by atoms with Gasteiger partial charge in [-0.1, -0.05) is 54.1 Å². The molecule has 0 aliphatic rings. The first-order valence-electron chi connectivity index (χ1n) is 8.94. The number of fused-ring (bicyclic) bond motifs is 3. The van der Waals surface area contributed by atoms with E-state index in [0.717, 1.165) is 22.1 Å². The van der Waals surface area contributed by atoms with Crippen LogP contribution >= 0.6 is 0 Å². The van der Waals surface area contributed by atoms with Crippen molar-refractivity contribution in [3.63, 3.8) is 0 Å². The summed E-state index contributed by atoms with van der Waals surface area (Å²) >= 11 is 0. The Morgan fingerprint density at radius 1 is 0.846 bits per heavy atom. The van der Waals surface area contributed by atoms with E-state index < -0.39 is 0 Å². The zero-order valence-electron chi connectivity index (χ0n) is 15.7. The highest BCUT2D eigenvalue weighted by molar-refractivity contribution is 6.10. The molecule has 0 spiro atoms. The Kier molecular flexibility index (Phi) is 4.04. The van der Waals surface area contributed by atoms with E-state index >= 15 is 0 Å². The van der Waals surface area contributed by atoms with Crippen LogP contribution in [0.15, 0.2) is 60.3 Å². The van der Waals surface area contributed by atoms with Gasteiger partial charge >= 0.3 is 0 Å². The lowest BCUT2D eigenvalue weighted by atomic mass is 9.93. The van der Waals surface area contributed by atoms with Crippen molar-refractivity contribution in [3.8, 4) is 11.1 Å². The minimum absolute atomic E-state index is 0.945. The van der Waals surface area contributed by atoms with Gasteiger partial charge in [0.05, 0.1) is 16.7 Å². The summed E-state index contributed by atoms with van der Waals surface area (Å²) in [5, 5.41) is 2.39. The second-order valence-electron chi connectivity index (χ2n) is 7.10. The van der Waals surface area contributed by atoms with Crippen LogP contribution in [0.4, 0.5) is 0 Å². The summed E-state index contributed by atoms with van der Waals surface area (Å²) in [7, 11) is 0. The van der Waals surface area contributed by atoms with Crippen LogP contribution in [0.3, 0.4) is 0 Å². The monoisotopic (exact) mass is 338 g/mol. The van der Waals surface area contributed by atoms with Crippen molar-refractivity contribution in [2.45, 2.75) is 27.7 Å². The van der Waals surface area contributed by atoms with E-state index in [0.29, 0.717) is 0 Å². The fourth-order valence-electron chi connectivity index (χ4n) is 3.53. The van der Waals surface area contributed by atoms with E-state index in [-0.39, 0.29) is 0 Å². The van der Waals surface area contributed by atoms with Crippen LogP contribution in [-0.4, -0.2) is 9.97 Å². The number of allylic oxidation sites excluding steroid dienone is 1. The smallest absolute Gasteiger partial charge is 0.0971 e. The maximum absolute atomic E-state index is 4.80. The molecule has 3 aromatic carbocycles. The average molecular weight is 338 g/mol. The van der Waals surface area contributed by atoms with Crippen molar-refractivity contribution in [3.05, 3.63) is 77.1 Å². The topological polar surface area (TPSA) is 25.8 Å². The van der Waals surface area contributed by atoms with Gasteiger partial charge in [-0.2, -0.15) is 0 Å². The average Bonchev–Trinajstić information content (AvgIpc) is 2.65. The standard InChI is InChI=1S/C24H22N2/c1-15(2)12-21-17(4)23-24(26-16(3)14-25-23)20-11-10-19(13-22(20)21)18-8-6-5-7-9-18/h5-14H,1-4H3. The van der Waals surface area contributed by atoms with E-state index in [1.165, 1.54) is 33.2 Å². The quantitative estimate of drug-likeness (QED) is 0.390. The van der Waals surface area contributed by atoms with E-state index in [4.69, 9.17) is 4.98 Å². The molecule has 4 aromatic rings. The molecule has 26 heavy (non-hydrogen) atoms. The molecule has 1 heterocycles. The summed E-state index contributed by atoms with van der Waals surface area (Å²) in [5.74, 6) is 0. The van der Waals surface area contributed by atoms with E-state index in [1.54, 1.807) is 0 Å². The molecule has 4 rings (SSSR count). The molecule has 128 valence electrons. The molecule has 0 saturated carbocycles. The number of hydrogen-bond donors (Lipinski definition) is 0. The van der Waals surface area contributed by atoms with Gasteiger partial charge in [0.25, 0.3) is 0 Å². The van der Waals surface area contributed by atoms with Crippen LogP contribution in [-0.2, 0) is 0 Å². The van der Waals surface area contributed by atoms with Gasteiger partial charge in [0, 0.05) is 11.6 Å². The molecule has 0 unspecified atom stereocenters. The normalized spacial score (nSPS) is 11.1. The first-order valence-corrected chi connectivity index (χ1v) is 8.94. The molecule has 0 N–H and O–H groups in total. The van der Waals surface area contributed by atoms with Crippen molar-refractivity contribution in [1.82, 2.24) is 9.97 Å². The van der Waals surface area contributed by atoms with Gasteiger partial charge in [0.1, 0.15) is 0 Å². The minimum Gasteiger partial charge on any atom is -0.252 e. The zero-order valence-corrected chi connectivity index (χ0v) is 15.7. The Labute approximate surface area is 154 Å². The summed E-state index contributed by atoms with van der Waals surface area (Å²) < 4.78 is 0. The minimum atomic E-state index is 0.945. The Morgan fingerprint density at radius 3 is 2.35 bits per heavy atom. The van der Waals surface area contributed by atoms with E-state index in [9.17, 15) is 0 Å². The number of nitrogens with zero attached hydrogens (tertiary/aromatic N) is 2. The lowest BCUT2D eigenvalue weighted by Gasteiger charge is -2.14. The van der Waals surface area contributed by atoms with Gasteiger partial charge in [-0.05, 0) is 61.4 Å². The van der Waals surface area contributed by atoms with Crippen LogP contribution in [0.25, 0.3) is 39.0 Å². The molecule has 2 nitrogen and oxygen atoms in total. The molecule has 0 atom stereocenters. The van der Waals surface area contributed by atoms with E-state index in [2.05, 4.69) is 80.4 Å².